The topological polar surface area (TPSA) is 26.3 Å². The number of halogens is 1. The van der Waals surface area contributed by atoms with Crippen LogP contribution >= 0.6 is 27.7 Å². The molecule has 1 saturated heterocycles. The van der Waals surface area contributed by atoms with Crippen molar-refractivity contribution in [3.05, 3.63) is 28.7 Å². The molecule has 0 N–H and O–H groups in total. The lowest BCUT2D eigenvalue weighted by Gasteiger charge is -2.08. The molecule has 1 unspecified atom stereocenters. The van der Waals surface area contributed by atoms with E-state index in [1.54, 1.807) is 11.8 Å². The van der Waals surface area contributed by atoms with E-state index in [4.69, 9.17) is 4.74 Å². The second-order valence-corrected chi connectivity index (χ2v) is 6.77. The van der Waals surface area contributed by atoms with Gasteiger partial charge in [0.05, 0.1) is 11.9 Å². The van der Waals surface area contributed by atoms with Crippen molar-refractivity contribution in [2.24, 2.45) is 0 Å². The summed E-state index contributed by atoms with van der Waals surface area (Å²) in [6, 6.07) is 8.08. The lowest BCUT2D eigenvalue weighted by Crippen LogP contribution is -2.07. The fourth-order valence-electron chi connectivity index (χ4n) is 2.17. The normalized spacial score (nSPS) is 18.7. The molecule has 1 aliphatic heterocycles. The Labute approximate surface area is 127 Å². The van der Waals surface area contributed by atoms with Crippen molar-refractivity contribution in [3.63, 3.8) is 0 Å². The van der Waals surface area contributed by atoms with Crippen LogP contribution in [0.5, 0.6) is 0 Å². The van der Waals surface area contributed by atoms with Crippen molar-refractivity contribution in [1.82, 2.24) is 0 Å². The van der Waals surface area contributed by atoms with Gasteiger partial charge in [0.25, 0.3) is 0 Å². The van der Waals surface area contributed by atoms with E-state index in [1.165, 1.54) is 12.8 Å². The van der Waals surface area contributed by atoms with Gasteiger partial charge in [0.15, 0.2) is 0 Å². The van der Waals surface area contributed by atoms with Crippen molar-refractivity contribution >= 4 is 33.5 Å². The van der Waals surface area contributed by atoms with Crippen LogP contribution < -0.4 is 0 Å². The maximum absolute atomic E-state index is 11.8. The third-order valence-corrected chi connectivity index (χ3v) is 4.82. The first-order valence-corrected chi connectivity index (χ1v) is 8.53. The summed E-state index contributed by atoms with van der Waals surface area (Å²) in [5.74, 6) is 0.915. The molecular formula is C15H19BrO2S. The number of carbonyl (C=O) groups excluding carboxylic acids is 1. The van der Waals surface area contributed by atoms with Crippen LogP contribution in [0.2, 0.25) is 0 Å². The Bertz CT molecular complexity index is 399. The molecule has 1 aromatic carbocycles. The fraction of sp³-hybridized carbons (Fsp3) is 0.533. The second-order valence-electron chi connectivity index (χ2n) is 4.81. The fourth-order valence-corrected chi connectivity index (χ4v) is 3.23. The van der Waals surface area contributed by atoms with Crippen LogP contribution in [-0.2, 0) is 9.53 Å². The molecule has 1 fully saturated rings. The van der Waals surface area contributed by atoms with Crippen LogP contribution in [0.4, 0.5) is 0 Å². The SMILES string of the molecule is O=C(CCCC1CCCO1)CSc1ccc(Br)cc1. The Hall–Kier alpha value is -0.320. The minimum absolute atomic E-state index is 0.339. The molecule has 0 aromatic heterocycles. The largest absolute Gasteiger partial charge is 0.378 e. The maximum Gasteiger partial charge on any atom is 0.143 e. The van der Waals surface area contributed by atoms with Gasteiger partial charge in [0.2, 0.25) is 0 Å². The minimum Gasteiger partial charge on any atom is -0.378 e. The summed E-state index contributed by atoms with van der Waals surface area (Å²) in [6.45, 7) is 0.901. The lowest BCUT2D eigenvalue weighted by molar-refractivity contribution is -0.116. The minimum atomic E-state index is 0.339. The average Bonchev–Trinajstić information content (AvgIpc) is 2.91. The van der Waals surface area contributed by atoms with Crippen LogP contribution in [0.1, 0.15) is 32.1 Å². The predicted molar refractivity (Wildman–Crippen MR) is 82.7 cm³/mol. The van der Waals surface area contributed by atoms with Gasteiger partial charge < -0.3 is 4.74 Å². The number of ether oxygens (including phenoxy) is 1. The summed E-state index contributed by atoms with van der Waals surface area (Å²) in [5, 5.41) is 0. The Morgan fingerprint density at radius 2 is 2.16 bits per heavy atom. The van der Waals surface area contributed by atoms with E-state index < -0.39 is 0 Å². The van der Waals surface area contributed by atoms with Crippen LogP contribution in [0.3, 0.4) is 0 Å². The first-order valence-electron chi connectivity index (χ1n) is 6.76. The molecule has 2 nitrogen and oxygen atoms in total. The van der Waals surface area contributed by atoms with Crippen LogP contribution in [0, 0.1) is 0 Å². The highest BCUT2D eigenvalue weighted by atomic mass is 79.9. The van der Waals surface area contributed by atoms with E-state index >= 15 is 0 Å². The summed E-state index contributed by atoms with van der Waals surface area (Å²) >= 11 is 5.02. The van der Waals surface area contributed by atoms with Gasteiger partial charge in [-0.3, -0.25) is 4.79 Å². The van der Waals surface area contributed by atoms with E-state index in [9.17, 15) is 4.79 Å². The van der Waals surface area contributed by atoms with Gasteiger partial charge in [-0.25, -0.2) is 0 Å². The number of benzene rings is 1. The molecule has 0 aliphatic carbocycles. The standard InChI is InChI=1S/C15H19BrO2S/c16-12-6-8-15(9-7-12)19-11-13(17)3-1-4-14-5-2-10-18-14/h6-9,14H,1-5,10-11H2. The molecule has 0 bridgehead atoms. The van der Waals surface area contributed by atoms with Crippen molar-refractivity contribution in [1.29, 1.82) is 0 Å². The number of hydrogen-bond donors (Lipinski definition) is 0. The zero-order chi connectivity index (χ0) is 13.5. The van der Waals surface area contributed by atoms with Gasteiger partial charge in [-0.15, -0.1) is 11.8 Å². The molecule has 0 spiro atoms. The number of hydrogen-bond acceptors (Lipinski definition) is 3. The van der Waals surface area contributed by atoms with Gasteiger partial charge >= 0.3 is 0 Å². The first kappa shape index (κ1) is 15.1. The monoisotopic (exact) mass is 342 g/mol. The molecule has 19 heavy (non-hydrogen) atoms. The maximum atomic E-state index is 11.8. The molecule has 0 amide bonds. The van der Waals surface area contributed by atoms with E-state index in [2.05, 4.69) is 15.9 Å². The van der Waals surface area contributed by atoms with Crippen molar-refractivity contribution in [2.45, 2.75) is 43.1 Å². The summed E-state index contributed by atoms with van der Waals surface area (Å²) in [5.41, 5.74) is 0. The van der Waals surface area contributed by atoms with Gasteiger partial charge in [-0.05, 0) is 49.9 Å². The number of ketones is 1. The zero-order valence-electron chi connectivity index (χ0n) is 10.9. The van der Waals surface area contributed by atoms with Crippen LogP contribution in [0.15, 0.2) is 33.6 Å². The van der Waals surface area contributed by atoms with E-state index in [-0.39, 0.29) is 0 Å². The van der Waals surface area contributed by atoms with E-state index in [0.717, 1.165) is 28.8 Å². The first-order chi connectivity index (χ1) is 9.24. The molecule has 1 aliphatic rings. The van der Waals surface area contributed by atoms with Crippen molar-refractivity contribution in [2.75, 3.05) is 12.4 Å². The third-order valence-electron chi connectivity index (χ3n) is 3.22. The van der Waals surface area contributed by atoms with E-state index in [1.807, 2.05) is 24.3 Å². The summed E-state index contributed by atoms with van der Waals surface area (Å²) in [6.07, 6.45) is 5.44. The van der Waals surface area contributed by atoms with Gasteiger partial charge in [-0.1, -0.05) is 15.9 Å². The second kappa shape index (κ2) is 8.08. The summed E-state index contributed by atoms with van der Waals surface area (Å²) < 4.78 is 6.62. The number of Topliss-reactive ketones (excluding diaryl/α,β-unsaturated/α-hetero) is 1. The van der Waals surface area contributed by atoms with Gasteiger partial charge in [0, 0.05) is 22.4 Å². The number of carbonyl (C=O) groups is 1. The molecule has 0 saturated carbocycles. The average molecular weight is 343 g/mol. The zero-order valence-corrected chi connectivity index (χ0v) is 13.3. The molecule has 2 rings (SSSR count). The molecule has 0 radical (unpaired) electrons. The third kappa shape index (κ3) is 5.67. The van der Waals surface area contributed by atoms with Gasteiger partial charge in [-0.2, -0.15) is 0 Å². The van der Waals surface area contributed by atoms with Crippen molar-refractivity contribution in [3.8, 4) is 0 Å². The molecule has 4 heteroatoms. The number of thioether (sulfide) groups is 1. The highest BCUT2D eigenvalue weighted by Gasteiger charge is 2.15. The van der Waals surface area contributed by atoms with Crippen LogP contribution in [-0.4, -0.2) is 24.2 Å². The van der Waals surface area contributed by atoms with Crippen molar-refractivity contribution < 1.29 is 9.53 Å². The molecule has 1 heterocycles. The molecule has 104 valence electrons. The molecular weight excluding hydrogens is 324 g/mol. The highest BCUT2D eigenvalue weighted by Crippen LogP contribution is 2.22. The Balaban J connectivity index is 1.60. The Kier molecular flexibility index (Phi) is 6.41. The van der Waals surface area contributed by atoms with Crippen LogP contribution in [0.25, 0.3) is 0 Å². The Morgan fingerprint density at radius 3 is 2.84 bits per heavy atom. The lowest BCUT2D eigenvalue weighted by atomic mass is 10.1. The smallest absolute Gasteiger partial charge is 0.143 e. The Morgan fingerprint density at radius 1 is 1.37 bits per heavy atom. The summed E-state index contributed by atoms with van der Waals surface area (Å²) in [7, 11) is 0. The number of rotatable bonds is 7. The predicted octanol–water partition coefficient (Wildman–Crippen LogP) is 4.46. The highest BCUT2D eigenvalue weighted by molar-refractivity contribution is 9.10. The summed E-state index contributed by atoms with van der Waals surface area (Å²) in [4.78, 5) is 12.9. The molecule has 1 aromatic rings. The van der Waals surface area contributed by atoms with Gasteiger partial charge in [0.1, 0.15) is 5.78 Å². The van der Waals surface area contributed by atoms with E-state index in [0.29, 0.717) is 24.1 Å². The molecule has 1 atom stereocenters. The quantitative estimate of drug-likeness (QED) is 0.684.